The van der Waals surface area contributed by atoms with Crippen LogP contribution in [0, 0.1) is 6.92 Å². The SMILES string of the molecule is CC(=O)N1CCCC(c2cc3c(N[C@H](C)c4cccc(C(F)(F)F)c4)nnc(C)c3n(C)c2=O)C1. The Kier molecular flexibility index (Phi) is 6.57. The number of rotatable bonds is 4. The first kappa shape index (κ1) is 24.7. The number of halogens is 3. The number of benzene rings is 1. The molecule has 0 bridgehead atoms. The number of likely N-dealkylation sites (tertiary alicyclic amines) is 1. The zero-order chi connectivity index (χ0) is 25.5. The van der Waals surface area contributed by atoms with Gasteiger partial charge >= 0.3 is 6.18 Å². The fraction of sp³-hybridized carbons (Fsp3) is 0.440. The molecule has 35 heavy (non-hydrogen) atoms. The van der Waals surface area contributed by atoms with Gasteiger partial charge in [0.25, 0.3) is 5.56 Å². The van der Waals surface area contributed by atoms with Crippen LogP contribution in [0.4, 0.5) is 19.0 Å². The number of nitrogens with one attached hydrogen (secondary N) is 1. The number of fused-ring (bicyclic) bond motifs is 1. The van der Waals surface area contributed by atoms with Gasteiger partial charge in [0.2, 0.25) is 5.91 Å². The standard InChI is InChI=1S/C25H28F3N5O2/c1-14(17-7-5-9-19(11-17)25(26,27)28)29-23-21-12-20(18-8-6-10-33(13-18)16(3)34)24(35)32(4)22(21)15(2)30-31-23/h5,7,9,11-12,14,18H,6,8,10,13H2,1-4H3,(H,29,31)/t14-,18?/m1/s1. The number of hydrogen-bond acceptors (Lipinski definition) is 5. The number of piperidine rings is 1. The molecule has 1 aromatic carbocycles. The molecule has 0 radical (unpaired) electrons. The molecule has 3 heterocycles. The molecule has 7 nitrogen and oxygen atoms in total. The van der Waals surface area contributed by atoms with Crippen LogP contribution in [-0.4, -0.2) is 38.7 Å². The topological polar surface area (TPSA) is 80.1 Å². The third kappa shape index (κ3) is 4.87. The lowest BCUT2D eigenvalue weighted by atomic mass is 9.90. The summed E-state index contributed by atoms with van der Waals surface area (Å²) in [6, 6.07) is 6.45. The van der Waals surface area contributed by atoms with Gasteiger partial charge in [-0.1, -0.05) is 12.1 Å². The Morgan fingerprint density at radius 3 is 2.66 bits per heavy atom. The Bertz CT molecular complexity index is 1340. The summed E-state index contributed by atoms with van der Waals surface area (Å²) in [5.74, 6) is 0.246. The summed E-state index contributed by atoms with van der Waals surface area (Å²) in [7, 11) is 1.68. The first-order valence-electron chi connectivity index (χ1n) is 11.5. The van der Waals surface area contributed by atoms with Crippen LogP contribution in [-0.2, 0) is 18.0 Å². The van der Waals surface area contributed by atoms with E-state index < -0.39 is 17.8 Å². The second-order valence-electron chi connectivity index (χ2n) is 9.15. The summed E-state index contributed by atoms with van der Waals surface area (Å²) in [5.41, 5.74) is 1.34. The molecule has 1 amide bonds. The van der Waals surface area contributed by atoms with E-state index in [1.807, 2.05) is 0 Å². The minimum atomic E-state index is -4.44. The lowest BCUT2D eigenvalue weighted by molar-refractivity contribution is -0.137. The number of hydrogen-bond donors (Lipinski definition) is 1. The predicted octanol–water partition coefficient (Wildman–Crippen LogP) is 4.55. The first-order valence-corrected chi connectivity index (χ1v) is 11.5. The number of carbonyl (C=O) groups is 1. The molecule has 1 aliphatic heterocycles. The maximum Gasteiger partial charge on any atom is 0.416 e. The average Bonchev–Trinajstić information content (AvgIpc) is 2.82. The summed E-state index contributed by atoms with van der Waals surface area (Å²) in [6.07, 6.45) is -2.85. The van der Waals surface area contributed by atoms with Gasteiger partial charge in [-0.2, -0.15) is 18.3 Å². The Balaban J connectivity index is 1.76. The third-order valence-electron chi connectivity index (χ3n) is 6.71. The molecule has 1 aliphatic rings. The number of amides is 1. The molecule has 1 N–H and O–H groups in total. The van der Waals surface area contributed by atoms with Gasteiger partial charge in [0.15, 0.2) is 5.82 Å². The molecule has 4 rings (SSSR count). The summed E-state index contributed by atoms with van der Waals surface area (Å²) < 4.78 is 41.1. The number of anilines is 1. The quantitative estimate of drug-likeness (QED) is 0.584. The second-order valence-corrected chi connectivity index (χ2v) is 9.15. The van der Waals surface area contributed by atoms with E-state index in [1.165, 1.54) is 13.0 Å². The molecule has 3 aromatic rings. The molecule has 0 spiro atoms. The first-order chi connectivity index (χ1) is 16.5. The van der Waals surface area contributed by atoms with Crippen LogP contribution in [0.3, 0.4) is 0 Å². The van der Waals surface area contributed by atoms with Crippen LogP contribution in [0.5, 0.6) is 0 Å². The van der Waals surface area contributed by atoms with Crippen molar-refractivity contribution < 1.29 is 18.0 Å². The predicted molar refractivity (Wildman–Crippen MR) is 127 cm³/mol. The molecule has 2 aromatic heterocycles. The highest BCUT2D eigenvalue weighted by atomic mass is 19.4. The van der Waals surface area contributed by atoms with E-state index in [4.69, 9.17) is 0 Å². The zero-order valence-corrected chi connectivity index (χ0v) is 20.1. The molecular formula is C25H28F3N5O2. The summed E-state index contributed by atoms with van der Waals surface area (Å²) >= 11 is 0. The van der Waals surface area contributed by atoms with Crippen molar-refractivity contribution >= 4 is 22.6 Å². The lowest BCUT2D eigenvalue weighted by Crippen LogP contribution is -2.39. The van der Waals surface area contributed by atoms with E-state index in [-0.39, 0.29) is 17.4 Å². The third-order valence-corrected chi connectivity index (χ3v) is 6.71. The van der Waals surface area contributed by atoms with E-state index in [0.717, 1.165) is 25.0 Å². The van der Waals surface area contributed by atoms with Crippen molar-refractivity contribution in [3.05, 3.63) is 63.1 Å². The number of alkyl halides is 3. The molecule has 1 saturated heterocycles. The van der Waals surface area contributed by atoms with Crippen molar-refractivity contribution in [3.63, 3.8) is 0 Å². The van der Waals surface area contributed by atoms with Crippen LogP contribution < -0.4 is 10.9 Å². The van der Waals surface area contributed by atoms with E-state index >= 15 is 0 Å². The van der Waals surface area contributed by atoms with E-state index in [0.29, 0.717) is 46.6 Å². The minimum Gasteiger partial charge on any atom is -0.361 e. The smallest absolute Gasteiger partial charge is 0.361 e. The molecule has 1 unspecified atom stereocenters. The summed E-state index contributed by atoms with van der Waals surface area (Å²) in [5, 5.41) is 12.3. The van der Waals surface area contributed by atoms with Gasteiger partial charge in [-0.25, -0.2) is 0 Å². The van der Waals surface area contributed by atoms with E-state index in [9.17, 15) is 22.8 Å². The Hall–Kier alpha value is -3.43. The van der Waals surface area contributed by atoms with Crippen LogP contribution in [0.1, 0.15) is 61.0 Å². The van der Waals surface area contributed by atoms with Gasteiger partial charge in [-0.15, -0.1) is 5.10 Å². The Morgan fingerprint density at radius 1 is 1.23 bits per heavy atom. The Morgan fingerprint density at radius 2 is 1.97 bits per heavy atom. The molecule has 10 heteroatoms. The van der Waals surface area contributed by atoms with Gasteiger partial charge in [0, 0.05) is 43.9 Å². The van der Waals surface area contributed by atoms with Crippen molar-refractivity contribution in [3.8, 4) is 0 Å². The van der Waals surface area contributed by atoms with Crippen molar-refractivity contribution in [2.24, 2.45) is 7.05 Å². The highest BCUT2D eigenvalue weighted by Crippen LogP contribution is 2.33. The van der Waals surface area contributed by atoms with Crippen molar-refractivity contribution in [1.29, 1.82) is 0 Å². The van der Waals surface area contributed by atoms with Crippen LogP contribution in [0.2, 0.25) is 0 Å². The van der Waals surface area contributed by atoms with Gasteiger partial charge in [-0.05, 0) is 50.5 Å². The Labute approximate surface area is 201 Å². The largest absolute Gasteiger partial charge is 0.416 e. The highest BCUT2D eigenvalue weighted by Gasteiger charge is 2.31. The maximum atomic E-state index is 13.3. The van der Waals surface area contributed by atoms with Crippen molar-refractivity contribution in [2.75, 3.05) is 18.4 Å². The highest BCUT2D eigenvalue weighted by molar-refractivity contribution is 5.91. The van der Waals surface area contributed by atoms with Crippen LogP contribution in [0.25, 0.3) is 10.9 Å². The number of aryl methyl sites for hydroxylation is 2. The number of aromatic nitrogens is 3. The maximum absolute atomic E-state index is 13.3. The van der Waals surface area contributed by atoms with Crippen LogP contribution in [0.15, 0.2) is 35.1 Å². The lowest BCUT2D eigenvalue weighted by Gasteiger charge is -2.32. The van der Waals surface area contributed by atoms with Gasteiger partial charge in [0.1, 0.15) is 0 Å². The summed E-state index contributed by atoms with van der Waals surface area (Å²) in [6.45, 7) is 6.17. The molecule has 186 valence electrons. The zero-order valence-electron chi connectivity index (χ0n) is 20.1. The molecule has 1 fully saturated rings. The van der Waals surface area contributed by atoms with Crippen molar-refractivity contribution in [1.82, 2.24) is 19.7 Å². The summed E-state index contributed by atoms with van der Waals surface area (Å²) in [4.78, 5) is 27.0. The van der Waals surface area contributed by atoms with Gasteiger partial charge < -0.3 is 14.8 Å². The minimum absolute atomic E-state index is 0.0220. The molecule has 0 aliphatic carbocycles. The number of nitrogens with zero attached hydrogens (tertiary/aromatic N) is 4. The fourth-order valence-corrected chi connectivity index (χ4v) is 4.79. The van der Waals surface area contributed by atoms with E-state index in [2.05, 4.69) is 15.5 Å². The second kappa shape index (κ2) is 9.31. The van der Waals surface area contributed by atoms with Gasteiger partial charge in [-0.3, -0.25) is 9.59 Å². The van der Waals surface area contributed by atoms with Crippen molar-refractivity contribution in [2.45, 2.75) is 51.7 Å². The van der Waals surface area contributed by atoms with E-state index in [1.54, 1.807) is 42.5 Å². The number of pyridine rings is 1. The fourth-order valence-electron chi connectivity index (χ4n) is 4.79. The number of carbonyl (C=O) groups excluding carboxylic acids is 1. The monoisotopic (exact) mass is 487 g/mol. The normalized spacial score (nSPS) is 17.5. The van der Waals surface area contributed by atoms with Gasteiger partial charge in [0.05, 0.1) is 22.8 Å². The van der Waals surface area contributed by atoms with Crippen LogP contribution >= 0.6 is 0 Å². The molecular weight excluding hydrogens is 459 g/mol. The molecule has 2 atom stereocenters. The average molecular weight is 488 g/mol. The molecule has 0 saturated carbocycles.